The van der Waals surface area contributed by atoms with Gasteiger partial charge in [-0.3, -0.25) is 4.79 Å². The van der Waals surface area contributed by atoms with Crippen LogP contribution < -0.4 is 4.90 Å². The second-order valence-electron chi connectivity index (χ2n) is 8.04. The van der Waals surface area contributed by atoms with Crippen molar-refractivity contribution < 1.29 is 9.90 Å². The summed E-state index contributed by atoms with van der Waals surface area (Å²) in [5.74, 6) is 0.807. The average Bonchev–Trinajstić information content (AvgIpc) is 2.62. The molecule has 3 rings (SSSR count). The number of hydrogen-bond acceptors (Lipinski definition) is 3. The molecule has 2 heterocycles. The number of carbonyl (C=O) groups excluding carboxylic acids is 1. The molecule has 4 heteroatoms. The van der Waals surface area contributed by atoms with E-state index in [2.05, 4.69) is 35.8 Å². The largest absolute Gasteiger partial charge is 0.393 e. The van der Waals surface area contributed by atoms with E-state index in [1.807, 2.05) is 12.1 Å². The topological polar surface area (TPSA) is 43.8 Å². The summed E-state index contributed by atoms with van der Waals surface area (Å²) in [5, 5.41) is 9.65. The maximum Gasteiger partial charge on any atom is 0.254 e. The first kappa shape index (κ1) is 18.2. The first-order valence-corrected chi connectivity index (χ1v) is 9.88. The van der Waals surface area contributed by atoms with Crippen molar-refractivity contribution in [2.75, 3.05) is 24.5 Å². The zero-order valence-corrected chi connectivity index (χ0v) is 15.7. The molecule has 2 aliphatic rings. The van der Waals surface area contributed by atoms with Gasteiger partial charge in [-0.15, -0.1) is 0 Å². The molecule has 1 aromatic rings. The smallest absolute Gasteiger partial charge is 0.254 e. The number of rotatable bonds is 4. The van der Waals surface area contributed by atoms with Crippen molar-refractivity contribution in [3.05, 3.63) is 29.8 Å². The van der Waals surface area contributed by atoms with Gasteiger partial charge in [0.15, 0.2) is 0 Å². The van der Waals surface area contributed by atoms with E-state index in [0.29, 0.717) is 12.0 Å². The second kappa shape index (κ2) is 8.22. The van der Waals surface area contributed by atoms with Gasteiger partial charge in [0, 0.05) is 36.9 Å². The van der Waals surface area contributed by atoms with E-state index >= 15 is 0 Å². The number of anilines is 1. The van der Waals surface area contributed by atoms with Gasteiger partial charge in [0.05, 0.1) is 6.10 Å². The summed E-state index contributed by atoms with van der Waals surface area (Å²) in [6.07, 6.45) is 6.08. The lowest BCUT2D eigenvalue weighted by atomic mass is 9.93. The Morgan fingerprint density at radius 3 is 2.40 bits per heavy atom. The Hall–Kier alpha value is -1.55. The van der Waals surface area contributed by atoms with E-state index in [4.69, 9.17) is 0 Å². The van der Waals surface area contributed by atoms with Gasteiger partial charge in [-0.25, -0.2) is 0 Å². The van der Waals surface area contributed by atoms with Gasteiger partial charge in [0.2, 0.25) is 0 Å². The average molecular weight is 344 g/mol. The maximum absolute atomic E-state index is 13.0. The molecule has 1 atom stereocenters. The number of likely N-dealkylation sites (tertiary alicyclic amines) is 1. The maximum atomic E-state index is 13.0. The SMILES string of the molecule is CC(C)CC1CCCCN1C(=O)c1ccc(N2CCC(O)CC2)cc1. The fraction of sp³-hybridized carbons (Fsp3) is 0.667. The molecular weight excluding hydrogens is 312 g/mol. The fourth-order valence-corrected chi connectivity index (χ4v) is 4.16. The van der Waals surface area contributed by atoms with Crippen molar-refractivity contribution >= 4 is 11.6 Å². The monoisotopic (exact) mass is 344 g/mol. The molecule has 0 radical (unpaired) electrons. The Morgan fingerprint density at radius 2 is 1.76 bits per heavy atom. The van der Waals surface area contributed by atoms with Gasteiger partial charge in [-0.05, 0) is 68.7 Å². The lowest BCUT2D eigenvalue weighted by molar-refractivity contribution is 0.0584. The van der Waals surface area contributed by atoms with Gasteiger partial charge >= 0.3 is 0 Å². The van der Waals surface area contributed by atoms with Crippen LogP contribution in [0.1, 0.15) is 62.7 Å². The van der Waals surface area contributed by atoms with Gasteiger partial charge in [-0.2, -0.15) is 0 Å². The van der Waals surface area contributed by atoms with Crippen LogP contribution in [0.2, 0.25) is 0 Å². The van der Waals surface area contributed by atoms with E-state index in [9.17, 15) is 9.90 Å². The predicted octanol–water partition coefficient (Wildman–Crippen LogP) is 3.69. The molecule has 1 N–H and O–H groups in total. The molecule has 138 valence electrons. The number of piperidine rings is 2. The van der Waals surface area contributed by atoms with Crippen LogP contribution >= 0.6 is 0 Å². The van der Waals surface area contributed by atoms with Gasteiger partial charge in [-0.1, -0.05) is 13.8 Å². The van der Waals surface area contributed by atoms with Gasteiger partial charge in [0.25, 0.3) is 5.91 Å². The van der Waals surface area contributed by atoms with Crippen LogP contribution in [0, 0.1) is 5.92 Å². The summed E-state index contributed by atoms with van der Waals surface area (Å²) in [7, 11) is 0. The highest BCUT2D eigenvalue weighted by atomic mass is 16.3. The third-order valence-corrected chi connectivity index (χ3v) is 5.58. The quantitative estimate of drug-likeness (QED) is 0.906. The molecule has 2 saturated heterocycles. The van der Waals surface area contributed by atoms with Crippen LogP contribution in [0.15, 0.2) is 24.3 Å². The number of carbonyl (C=O) groups is 1. The molecule has 0 bridgehead atoms. The minimum absolute atomic E-state index is 0.158. The number of benzene rings is 1. The minimum Gasteiger partial charge on any atom is -0.393 e. The Bertz CT molecular complexity index is 562. The molecule has 1 aromatic carbocycles. The highest BCUT2D eigenvalue weighted by molar-refractivity contribution is 5.94. The highest BCUT2D eigenvalue weighted by Crippen LogP contribution is 2.26. The number of aliphatic hydroxyl groups is 1. The van der Waals surface area contributed by atoms with Crippen LogP contribution in [0.4, 0.5) is 5.69 Å². The summed E-state index contributed by atoms with van der Waals surface area (Å²) in [6.45, 7) is 7.14. The van der Waals surface area contributed by atoms with Gasteiger partial charge < -0.3 is 14.9 Å². The van der Waals surface area contributed by atoms with Crippen LogP contribution in [0.25, 0.3) is 0 Å². The van der Waals surface area contributed by atoms with E-state index in [1.54, 1.807) is 0 Å². The number of aliphatic hydroxyl groups excluding tert-OH is 1. The summed E-state index contributed by atoms with van der Waals surface area (Å²) in [6, 6.07) is 8.47. The Labute approximate surface area is 151 Å². The number of amides is 1. The van der Waals surface area contributed by atoms with E-state index in [1.165, 1.54) is 6.42 Å². The van der Waals surface area contributed by atoms with Crippen molar-refractivity contribution in [2.45, 2.75) is 64.5 Å². The zero-order chi connectivity index (χ0) is 17.8. The Morgan fingerprint density at radius 1 is 1.08 bits per heavy atom. The minimum atomic E-state index is -0.158. The lowest BCUT2D eigenvalue weighted by Crippen LogP contribution is -2.44. The van der Waals surface area contributed by atoms with Crippen LogP contribution in [0.3, 0.4) is 0 Å². The standard InChI is InChI=1S/C21H32N2O2/c1-16(2)15-19-5-3-4-12-23(19)21(25)17-6-8-18(9-7-17)22-13-10-20(24)11-14-22/h6-9,16,19-20,24H,3-5,10-15H2,1-2H3. The summed E-state index contributed by atoms with van der Waals surface area (Å²) in [5.41, 5.74) is 1.96. The summed E-state index contributed by atoms with van der Waals surface area (Å²) >= 11 is 0. The van der Waals surface area contributed by atoms with Crippen LogP contribution in [-0.4, -0.2) is 47.7 Å². The Balaban J connectivity index is 1.67. The molecule has 1 unspecified atom stereocenters. The molecule has 4 nitrogen and oxygen atoms in total. The summed E-state index contributed by atoms with van der Waals surface area (Å²) < 4.78 is 0. The third kappa shape index (κ3) is 4.55. The normalized spacial score (nSPS) is 22.5. The zero-order valence-electron chi connectivity index (χ0n) is 15.7. The third-order valence-electron chi connectivity index (χ3n) is 5.58. The Kier molecular flexibility index (Phi) is 6.00. The van der Waals surface area contributed by atoms with E-state index in [0.717, 1.165) is 63.0 Å². The molecule has 25 heavy (non-hydrogen) atoms. The first-order chi connectivity index (χ1) is 12.0. The summed E-state index contributed by atoms with van der Waals surface area (Å²) in [4.78, 5) is 17.4. The number of hydrogen-bond donors (Lipinski definition) is 1. The second-order valence-corrected chi connectivity index (χ2v) is 8.04. The number of nitrogens with zero attached hydrogens (tertiary/aromatic N) is 2. The van der Waals surface area contributed by atoms with Crippen LogP contribution in [0.5, 0.6) is 0 Å². The van der Waals surface area contributed by atoms with E-state index in [-0.39, 0.29) is 12.0 Å². The molecular formula is C21H32N2O2. The van der Waals surface area contributed by atoms with Crippen molar-refractivity contribution in [1.82, 2.24) is 4.90 Å². The molecule has 0 aliphatic carbocycles. The molecule has 0 saturated carbocycles. The van der Waals surface area contributed by atoms with E-state index < -0.39 is 0 Å². The first-order valence-electron chi connectivity index (χ1n) is 9.88. The van der Waals surface area contributed by atoms with Crippen molar-refractivity contribution in [2.24, 2.45) is 5.92 Å². The van der Waals surface area contributed by atoms with Crippen molar-refractivity contribution in [1.29, 1.82) is 0 Å². The molecule has 2 aliphatic heterocycles. The highest BCUT2D eigenvalue weighted by Gasteiger charge is 2.28. The molecule has 0 aromatic heterocycles. The van der Waals surface area contributed by atoms with Crippen molar-refractivity contribution in [3.8, 4) is 0 Å². The lowest BCUT2D eigenvalue weighted by Gasteiger charge is -2.37. The molecule has 2 fully saturated rings. The van der Waals surface area contributed by atoms with Crippen LogP contribution in [-0.2, 0) is 0 Å². The fourth-order valence-electron chi connectivity index (χ4n) is 4.16. The van der Waals surface area contributed by atoms with Gasteiger partial charge in [0.1, 0.15) is 0 Å². The predicted molar refractivity (Wildman–Crippen MR) is 102 cm³/mol. The van der Waals surface area contributed by atoms with Crippen molar-refractivity contribution in [3.63, 3.8) is 0 Å². The molecule has 0 spiro atoms. The molecule has 1 amide bonds.